The number of halogens is 1. The van der Waals surface area contributed by atoms with E-state index in [4.69, 9.17) is 9.15 Å². The van der Waals surface area contributed by atoms with Crippen molar-refractivity contribution >= 4 is 28.2 Å². The number of nitrogens with zero attached hydrogens (tertiary/aromatic N) is 4. The van der Waals surface area contributed by atoms with E-state index in [1.807, 2.05) is 24.3 Å². The Morgan fingerprint density at radius 1 is 1.03 bits per heavy atom. The number of hydrogen-bond donors (Lipinski definition) is 1. The quantitative estimate of drug-likeness (QED) is 0.406. The van der Waals surface area contributed by atoms with Crippen LogP contribution in [0.25, 0.3) is 11.5 Å². The summed E-state index contributed by atoms with van der Waals surface area (Å²) in [6.45, 7) is 0.550. The molecule has 0 spiro atoms. The van der Waals surface area contributed by atoms with E-state index < -0.39 is 0 Å². The van der Waals surface area contributed by atoms with Gasteiger partial charge in [-0.05, 0) is 42.0 Å². The van der Waals surface area contributed by atoms with Gasteiger partial charge in [0, 0.05) is 12.1 Å². The first-order valence-electron chi connectivity index (χ1n) is 8.61. The van der Waals surface area contributed by atoms with E-state index in [0.29, 0.717) is 29.2 Å². The summed E-state index contributed by atoms with van der Waals surface area (Å²) in [5.41, 5.74) is 1.80. The molecule has 7 nitrogen and oxygen atoms in total. The lowest BCUT2D eigenvalue weighted by molar-refractivity contribution is 0.415. The minimum Gasteiger partial charge on any atom is -0.497 e. The molecule has 2 aromatic heterocycles. The lowest BCUT2D eigenvalue weighted by Gasteiger charge is -2.01. The predicted octanol–water partition coefficient (Wildman–Crippen LogP) is 4.64. The summed E-state index contributed by atoms with van der Waals surface area (Å²) in [7, 11) is 1.62. The SMILES string of the molecule is COc1ccc(-c2nnc(CSc3nnc(NCc4ccc(F)cc4)s3)o2)cc1. The maximum atomic E-state index is 12.9. The largest absolute Gasteiger partial charge is 0.497 e. The van der Waals surface area contributed by atoms with Gasteiger partial charge in [-0.2, -0.15) is 0 Å². The zero-order valence-electron chi connectivity index (χ0n) is 15.3. The summed E-state index contributed by atoms with van der Waals surface area (Å²) in [6.07, 6.45) is 0. The number of ether oxygens (including phenoxy) is 1. The van der Waals surface area contributed by atoms with E-state index >= 15 is 0 Å². The van der Waals surface area contributed by atoms with Crippen LogP contribution in [0.2, 0.25) is 0 Å². The highest BCUT2D eigenvalue weighted by Crippen LogP contribution is 2.29. The lowest BCUT2D eigenvalue weighted by atomic mass is 10.2. The molecular weight excluding hydrogens is 413 g/mol. The molecule has 2 heterocycles. The number of hydrogen-bond acceptors (Lipinski definition) is 9. The van der Waals surface area contributed by atoms with E-state index in [2.05, 4.69) is 25.7 Å². The molecule has 0 amide bonds. The van der Waals surface area contributed by atoms with E-state index in [-0.39, 0.29) is 5.82 Å². The number of thioether (sulfide) groups is 1. The van der Waals surface area contributed by atoms with Crippen LogP contribution in [0, 0.1) is 5.82 Å². The molecule has 0 aliphatic rings. The fraction of sp³-hybridized carbons (Fsp3) is 0.158. The van der Waals surface area contributed by atoms with Gasteiger partial charge in [0.2, 0.25) is 16.9 Å². The molecule has 10 heteroatoms. The van der Waals surface area contributed by atoms with Gasteiger partial charge in [0.15, 0.2) is 4.34 Å². The second-order valence-corrected chi connectivity index (χ2v) is 8.07. The summed E-state index contributed by atoms with van der Waals surface area (Å²) in [6, 6.07) is 13.8. The van der Waals surface area contributed by atoms with Crippen molar-refractivity contribution in [2.45, 2.75) is 16.6 Å². The van der Waals surface area contributed by atoms with Crippen LogP contribution in [0.1, 0.15) is 11.5 Å². The number of anilines is 1. The Balaban J connectivity index is 1.30. The van der Waals surface area contributed by atoms with Crippen LogP contribution in [0.5, 0.6) is 5.75 Å². The van der Waals surface area contributed by atoms with Crippen LogP contribution in [-0.2, 0) is 12.3 Å². The van der Waals surface area contributed by atoms with Gasteiger partial charge in [0.25, 0.3) is 0 Å². The topological polar surface area (TPSA) is 86.0 Å². The van der Waals surface area contributed by atoms with Gasteiger partial charge < -0.3 is 14.5 Å². The Hall–Kier alpha value is -2.98. The molecule has 148 valence electrons. The second kappa shape index (κ2) is 9.01. The van der Waals surface area contributed by atoms with Crippen molar-refractivity contribution in [3.8, 4) is 17.2 Å². The summed E-state index contributed by atoms with van der Waals surface area (Å²) in [5, 5.41) is 20.3. The Labute approximate surface area is 174 Å². The van der Waals surface area contributed by atoms with E-state index in [0.717, 1.165) is 21.2 Å². The van der Waals surface area contributed by atoms with E-state index in [9.17, 15) is 4.39 Å². The third-order valence-corrected chi connectivity index (χ3v) is 5.89. The second-order valence-electron chi connectivity index (χ2n) is 5.87. The molecule has 1 N–H and O–H groups in total. The fourth-order valence-electron chi connectivity index (χ4n) is 2.41. The van der Waals surface area contributed by atoms with Crippen molar-refractivity contribution in [2.75, 3.05) is 12.4 Å². The first kappa shape index (κ1) is 19.3. The molecule has 0 unspecified atom stereocenters. The number of methoxy groups -OCH3 is 1. The zero-order valence-corrected chi connectivity index (χ0v) is 17.0. The van der Waals surface area contributed by atoms with Crippen molar-refractivity contribution in [2.24, 2.45) is 0 Å². The van der Waals surface area contributed by atoms with Gasteiger partial charge in [-0.15, -0.1) is 20.4 Å². The van der Waals surface area contributed by atoms with Crippen LogP contribution in [-0.4, -0.2) is 27.5 Å². The predicted molar refractivity (Wildman–Crippen MR) is 109 cm³/mol. The van der Waals surface area contributed by atoms with Crippen molar-refractivity contribution in [3.63, 3.8) is 0 Å². The molecule has 0 fully saturated rings. The summed E-state index contributed by atoms with van der Waals surface area (Å²) in [4.78, 5) is 0. The number of rotatable bonds is 8. The average Bonchev–Trinajstić information content (AvgIpc) is 3.41. The minimum atomic E-state index is -0.250. The fourth-order valence-corrected chi connectivity index (χ4v) is 3.99. The summed E-state index contributed by atoms with van der Waals surface area (Å²) in [5.74, 6) is 1.98. The summed E-state index contributed by atoms with van der Waals surface area (Å²) >= 11 is 2.91. The first-order valence-corrected chi connectivity index (χ1v) is 10.4. The van der Waals surface area contributed by atoms with Crippen molar-refractivity contribution < 1.29 is 13.5 Å². The molecule has 0 atom stereocenters. The first-order chi connectivity index (χ1) is 14.2. The molecule has 2 aromatic carbocycles. The van der Waals surface area contributed by atoms with Crippen molar-refractivity contribution in [3.05, 3.63) is 65.8 Å². The highest BCUT2D eigenvalue weighted by atomic mass is 32.2. The third kappa shape index (κ3) is 5.09. The highest BCUT2D eigenvalue weighted by molar-refractivity contribution is 8.00. The monoisotopic (exact) mass is 429 g/mol. The maximum absolute atomic E-state index is 12.9. The maximum Gasteiger partial charge on any atom is 0.247 e. The Bertz CT molecular complexity index is 1070. The average molecular weight is 430 g/mol. The Kier molecular flexibility index (Phi) is 6.01. The van der Waals surface area contributed by atoms with Crippen molar-refractivity contribution in [1.29, 1.82) is 0 Å². The van der Waals surface area contributed by atoms with Gasteiger partial charge in [-0.1, -0.05) is 35.2 Å². The van der Waals surface area contributed by atoms with Gasteiger partial charge >= 0.3 is 0 Å². The number of nitrogens with one attached hydrogen (secondary N) is 1. The van der Waals surface area contributed by atoms with Crippen LogP contribution < -0.4 is 10.1 Å². The molecule has 0 saturated heterocycles. The number of aromatic nitrogens is 4. The molecule has 0 aliphatic carbocycles. The van der Waals surface area contributed by atoms with Gasteiger partial charge in [-0.3, -0.25) is 0 Å². The van der Waals surface area contributed by atoms with Gasteiger partial charge in [0.05, 0.1) is 12.9 Å². The van der Waals surface area contributed by atoms with E-state index in [1.165, 1.54) is 35.2 Å². The minimum absolute atomic E-state index is 0.250. The Morgan fingerprint density at radius 2 is 1.83 bits per heavy atom. The Morgan fingerprint density at radius 3 is 2.59 bits per heavy atom. The van der Waals surface area contributed by atoms with Crippen LogP contribution in [0.15, 0.2) is 57.3 Å². The van der Waals surface area contributed by atoms with E-state index in [1.54, 1.807) is 19.2 Å². The molecule has 29 heavy (non-hydrogen) atoms. The molecule has 4 aromatic rings. The smallest absolute Gasteiger partial charge is 0.247 e. The molecule has 0 bridgehead atoms. The van der Waals surface area contributed by atoms with Crippen LogP contribution >= 0.6 is 23.1 Å². The molecule has 0 saturated carbocycles. The zero-order chi connectivity index (χ0) is 20.1. The summed E-state index contributed by atoms with van der Waals surface area (Å²) < 4.78 is 24.6. The molecule has 4 rings (SSSR count). The standard InChI is InChI=1S/C19H16FN5O2S2/c1-26-15-8-4-13(5-9-15)17-23-22-16(27-17)11-28-19-25-24-18(29-19)21-10-12-2-6-14(20)7-3-12/h2-9H,10-11H2,1H3,(H,21,24). The van der Waals surface area contributed by atoms with Crippen LogP contribution in [0.4, 0.5) is 9.52 Å². The molecule has 0 radical (unpaired) electrons. The molecular formula is C19H16FN5O2S2. The number of benzene rings is 2. The normalized spacial score (nSPS) is 10.8. The molecule has 0 aliphatic heterocycles. The lowest BCUT2D eigenvalue weighted by Crippen LogP contribution is -1.98. The van der Waals surface area contributed by atoms with Gasteiger partial charge in [0.1, 0.15) is 11.6 Å². The van der Waals surface area contributed by atoms with Crippen LogP contribution in [0.3, 0.4) is 0 Å². The third-order valence-electron chi connectivity index (χ3n) is 3.89. The highest BCUT2D eigenvalue weighted by Gasteiger charge is 2.11. The van der Waals surface area contributed by atoms with Crippen molar-refractivity contribution in [1.82, 2.24) is 20.4 Å². The van der Waals surface area contributed by atoms with Gasteiger partial charge in [-0.25, -0.2) is 4.39 Å².